The number of fused-ring (bicyclic) bond motifs is 2. The summed E-state index contributed by atoms with van der Waals surface area (Å²) in [5.74, 6) is -0.584. The molecule has 0 radical (unpaired) electrons. The highest BCUT2D eigenvalue weighted by molar-refractivity contribution is 5.91. The van der Waals surface area contributed by atoms with Gasteiger partial charge in [-0.05, 0) is 34.5 Å². The van der Waals surface area contributed by atoms with Gasteiger partial charge in [0, 0.05) is 23.8 Å². The Morgan fingerprint density at radius 1 is 1.00 bits per heavy atom. The summed E-state index contributed by atoms with van der Waals surface area (Å²) in [5, 5.41) is 22.7. The zero-order valence-corrected chi connectivity index (χ0v) is 18.2. The lowest BCUT2D eigenvalue weighted by atomic mass is 9.81. The predicted molar refractivity (Wildman–Crippen MR) is 128 cm³/mol. The van der Waals surface area contributed by atoms with Gasteiger partial charge in [-0.15, -0.1) is 0 Å². The summed E-state index contributed by atoms with van der Waals surface area (Å²) in [4.78, 5) is 22.8. The molecule has 5 rings (SSSR count). The van der Waals surface area contributed by atoms with Gasteiger partial charge in [0.2, 0.25) is 5.88 Å². The maximum atomic E-state index is 12.5. The van der Waals surface area contributed by atoms with Crippen LogP contribution in [0.5, 0.6) is 11.5 Å². The number of allylic oxidation sites excluding steroid dienone is 1. The van der Waals surface area contributed by atoms with E-state index in [0.717, 1.165) is 16.3 Å². The Labute approximate surface area is 199 Å². The number of nitrogens with two attached hydrogens (primary N) is 1. The van der Waals surface area contributed by atoms with Gasteiger partial charge in [0.25, 0.3) is 5.69 Å². The fourth-order valence-corrected chi connectivity index (χ4v) is 4.21. The van der Waals surface area contributed by atoms with Crippen molar-refractivity contribution in [2.24, 2.45) is 5.73 Å². The fourth-order valence-electron chi connectivity index (χ4n) is 4.21. The molecule has 0 bridgehead atoms. The van der Waals surface area contributed by atoms with Crippen molar-refractivity contribution in [2.45, 2.75) is 5.92 Å². The van der Waals surface area contributed by atoms with E-state index in [1.54, 1.807) is 12.1 Å². The highest BCUT2D eigenvalue weighted by Crippen LogP contribution is 2.45. The maximum absolute atomic E-state index is 12.5. The molecular formula is C27H17N3O5. The Kier molecular flexibility index (Phi) is 5.36. The second-order valence-electron chi connectivity index (χ2n) is 7.89. The van der Waals surface area contributed by atoms with Gasteiger partial charge in [-0.2, -0.15) is 5.26 Å². The lowest BCUT2D eigenvalue weighted by molar-refractivity contribution is -0.384. The first-order valence-electron chi connectivity index (χ1n) is 10.6. The summed E-state index contributed by atoms with van der Waals surface area (Å²) >= 11 is 0. The van der Waals surface area contributed by atoms with Crippen LogP contribution in [0.1, 0.15) is 27.4 Å². The van der Waals surface area contributed by atoms with Gasteiger partial charge >= 0.3 is 5.97 Å². The molecule has 170 valence electrons. The first-order chi connectivity index (χ1) is 17.0. The molecule has 0 saturated heterocycles. The summed E-state index contributed by atoms with van der Waals surface area (Å²) in [6, 6.07) is 25.9. The lowest BCUT2D eigenvalue weighted by Gasteiger charge is -2.27. The van der Waals surface area contributed by atoms with Crippen molar-refractivity contribution in [1.82, 2.24) is 0 Å². The molecule has 1 heterocycles. The molecule has 1 atom stereocenters. The van der Waals surface area contributed by atoms with E-state index in [1.807, 2.05) is 42.5 Å². The topological polar surface area (TPSA) is 128 Å². The molecule has 8 heteroatoms. The van der Waals surface area contributed by atoms with Crippen molar-refractivity contribution in [3.63, 3.8) is 0 Å². The number of benzene rings is 4. The van der Waals surface area contributed by atoms with E-state index < -0.39 is 16.8 Å². The number of nitro benzene ring substituents is 1. The number of esters is 1. The second-order valence-corrected chi connectivity index (χ2v) is 7.89. The van der Waals surface area contributed by atoms with E-state index in [4.69, 9.17) is 15.2 Å². The van der Waals surface area contributed by atoms with Crippen LogP contribution in [-0.2, 0) is 0 Å². The van der Waals surface area contributed by atoms with Gasteiger partial charge in [-0.3, -0.25) is 10.1 Å². The largest absolute Gasteiger partial charge is 0.440 e. The van der Waals surface area contributed by atoms with Crippen LogP contribution in [0.25, 0.3) is 10.8 Å². The Morgan fingerprint density at radius 3 is 2.49 bits per heavy atom. The Hall–Kier alpha value is -5.16. The molecule has 0 aliphatic carbocycles. The molecule has 1 aliphatic heterocycles. The van der Waals surface area contributed by atoms with Crippen molar-refractivity contribution in [3.05, 3.63) is 123 Å². The average molecular weight is 463 g/mol. The van der Waals surface area contributed by atoms with Gasteiger partial charge in [-0.1, -0.05) is 48.5 Å². The predicted octanol–water partition coefficient (Wildman–Crippen LogP) is 5.19. The summed E-state index contributed by atoms with van der Waals surface area (Å²) in [6.07, 6.45) is 0. The molecule has 0 aromatic heterocycles. The number of nitrogens with zero attached hydrogens (tertiary/aromatic N) is 2. The summed E-state index contributed by atoms with van der Waals surface area (Å²) < 4.78 is 11.2. The molecular weight excluding hydrogens is 446 g/mol. The quantitative estimate of drug-likeness (QED) is 0.191. The van der Waals surface area contributed by atoms with Crippen LogP contribution >= 0.6 is 0 Å². The summed E-state index contributed by atoms with van der Waals surface area (Å²) in [5.41, 5.74) is 8.08. The molecule has 2 N–H and O–H groups in total. The molecule has 35 heavy (non-hydrogen) atoms. The number of nitriles is 1. The van der Waals surface area contributed by atoms with E-state index >= 15 is 0 Å². The van der Waals surface area contributed by atoms with Gasteiger partial charge in [0.15, 0.2) is 0 Å². The normalized spacial score (nSPS) is 14.5. The van der Waals surface area contributed by atoms with E-state index in [2.05, 4.69) is 6.07 Å². The highest BCUT2D eigenvalue weighted by Gasteiger charge is 2.32. The van der Waals surface area contributed by atoms with Gasteiger partial charge in [0.05, 0.1) is 16.4 Å². The Bertz CT molecular complexity index is 1560. The molecule has 1 unspecified atom stereocenters. The fraction of sp³-hybridized carbons (Fsp3) is 0.0370. The molecule has 8 nitrogen and oxygen atoms in total. The lowest BCUT2D eigenvalue weighted by Crippen LogP contribution is -2.21. The third kappa shape index (κ3) is 3.92. The number of hydrogen-bond acceptors (Lipinski definition) is 7. The molecule has 1 aliphatic rings. The standard InChI is InChI=1S/C27H17N3O5/c28-15-23-25(21-7-3-5-16-4-1-2-6-20(16)21)22-13-12-19(14-24(22)35-26(23)29)34-27(31)17-8-10-18(11-9-17)30(32)33/h1-14,25H,29H2. The third-order valence-corrected chi connectivity index (χ3v) is 5.85. The molecule has 4 aromatic rings. The second kappa shape index (κ2) is 8.65. The smallest absolute Gasteiger partial charge is 0.343 e. The maximum Gasteiger partial charge on any atom is 0.343 e. The molecule has 0 saturated carbocycles. The Morgan fingerprint density at radius 2 is 1.74 bits per heavy atom. The SMILES string of the molecule is N#CC1=C(N)Oc2cc(OC(=O)c3ccc([N+](=O)[O-])cc3)ccc2C1c1cccc2ccccc12. The minimum atomic E-state index is -0.678. The Balaban J connectivity index is 1.51. The van der Waals surface area contributed by atoms with Crippen LogP contribution in [0.15, 0.2) is 96.4 Å². The first-order valence-corrected chi connectivity index (χ1v) is 10.6. The summed E-state index contributed by atoms with van der Waals surface area (Å²) in [7, 11) is 0. The monoisotopic (exact) mass is 463 g/mol. The molecule has 0 amide bonds. The number of rotatable bonds is 4. The van der Waals surface area contributed by atoms with Gasteiger partial charge in [-0.25, -0.2) is 4.79 Å². The number of carbonyl (C=O) groups excluding carboxylic acids is 1. The van der Waals surface area contributed by atoms with E-state index in [-0.39, 0.29) is 22.9 Å². The number of carbonyl (C=O) groups is 1. The van der Waals surface area contributed by atoms with Crippen LogP contribution in [-0.4, -0.2) is 10.9 Å². The van der Waals surface area contributed by atoms with Crippen LogP contribution in [0.3, 0.4) is 0 Å². The van der Waals surface area contributed by atoms with Crippen LogP contribution in [0.4, 0.5) is 5.69 Å². The van der Waals surface area contributed by atoms with Crippen molar-refractivity contribution < 1.29 is 19.2 Å². The van der Waals surface area contributed by atoms with Crippen molar-refractivity contribution >= 4 is 22.4 Å². The van der Waals surface area contributed by atoms with Gasteiger partial charge in [0.1, 0.15) is 23.1 Å². The molecule has 4 aromatic carbocycles. The third-order valence-electron chi connectivity index (χ3n) is 5.85. The minimum absolute atomic E-state index is 0.0169. The zero-order chi connectivity index (χ0) is 24.5. The first kappa shape index (κ1) is 21.7. The van der Waals surface area contributed by atoms with Crippen molar-refractivity contribution in [3.8, 4) is 17.6 Å². The summed E-state index contributed by atoms with van der Waals surface area (Å²) in [6.45, 7) is 0. The van der Waals surface area contributed by atoms with Crippen LogP contribution in [0, 0.1) is 21.4 Å². The number of hydrogen-bond donors (Lipinski definition) is 1. The minimum Gasteiger partial charge on any atom is -0.440 e. The average Bonchev–Trinajstić information content (AvgIpc) is 2.87. The number of nitro groups is 1. The number of non-ortho nitro benzene ring substituents is 1. The van der Waals surface area contributed by atoms with Crippen molar-refractivity contribution in [1.29, 1.82) is 5.26 Å². The van der Waals surface area contributed by atoms with Crippen LogP contribution < -0.4 is 15.2 Å². The number of ether oxygens (including phenoxy) is 2. The molecule has 0 fully saturated rings. The molecule has 0 spiro atoms. The highest BCUT2D eigenvalue weighted by atomic mass is 16.6. The van der Waals surface area contributed by atoms with E-state index in [9.17, 15) is 20.2 Å². The van der Waals surface area contributed by atoms with Crippen molar-refractivity contribution in [2.75, 3.05) is 0 Å². The van der Waals surface area contributed by atoms with Crippen LogP contribution in [0.2, 0.25) is 0 Å². The van der Waals surface area contributed by atoms with E-state index in [0.29, 0.717) is 16.9 Å². The zero-order valence-electron chi connectivity index (χ0n) is 18.2. The van der Waals surface area contributed by atoms with E-state index in [1.165, 1.54) is 30.3 Å². The van der Waals surface area contributed by atoms with Gasteiger partial charge < -0.3 is 15.2 Å².